The Bertz CT molecular complexity index is 311. The molecule has 0 spiro atoms. The van der Waals surface area contributed by atoms with Gasteiger partial charge >= 0.3 is 0 Å². The molecule has 0 saturated heterocycles. The van der Waals surface area contributed by atoms with Crippen molar-refractivity contribution in [3.8, 4) is 6.07 Å². The maximum Gasteiger partial charge on any atom is 0.237 e. The number of aryl methyl sites for hydroxylation is 1. The lowest BCUT2D eigenvalue weighted by molar-refractivity contribution is 1.06. The van der Waals surface area contributed by atoms with E-state index in [9.17, 15) is 0 Å². The van der Waals surface area contributed by atoms with Crippen LogP contribution < -0.4 is 0 Å². The highest BCUT2D eigenvalue weighted by atomic mass is 35.5. The van der Waals surface area contributed by atoms with E-state index in [-0.39, 0.29) is 0 Å². The molecule has 1 rings (SSSR count). The second-order valence-electron chi connectivity index (χ2n) is 2.31. The molecule has 4 heteroatoms. The van der Waals surface area contributed by atoms with Crippen molar-refractivity contribution in [3.63, 3.8) is 0 Å². The first-order chi connectivity index (χ1) is 5.61. The monoisotopic (exact) mass is 219 g/mol. The van der Waals surface area contributed by atoms with Crippen LogP contribution in [0.2, 0.25) is 0 Å². The lowest BCUT2D eigenvalue weighted by atomic mass is 10.2. The second kappa shape index (κ2) is 3.66. The van der Waals surface area contributed by atoms with Gasteiger partial charge in [0.2, 0.25) is 4.33 Å². The first kappa shape index (κ1) is 9.85. The van der Waals surface area contributed by atoms with Crippen molar-refractivity contribution < 1.29 is 0 Å². The highest BCUT2D eigenvalue weighted by Gasteiger charge is 2.29. The number of alkyl halides is 2. The molecule has 1 nitrogen and oxygen atoms in total. The molecule has 0 aliphatic heterocycles. The average Bonchev–Trinajstić information content (AvgIpc) is 2.52. The number of halogens is 2. The third-order valence-electron chi connectivity index (χ3n) is 1.55. The van der Waals surface area contributed by atoms with E-state index in [4.69, 9.17) is 28.5 Å². The summed E-state index contributed by atoms with van der Waals surface area (Å²) in [6.45, 7) is 2.01. The van der Waals surface area contributed by atoms with Gasteiger partial charge in [-0.1, -0.05) is 30.1 Å². The number of hydrogen-bond donors (Lipinski definition) is 0. The van der Waals surface area contributed by atoms with Crippen molar-refractivity contribution in [3.05, 3.63) is 21.9 Å². The number of rotatable bonds is 2. The van der Waals surface area contributed by atoms with Crippen molar-refractivity contribution in [1.29, 1.82) is 5.26 Å². The summed E-state index contributed by atoms with van der Waals surface area (Å²) >= 11 is 13.0. The smallest absolute Gasteiger partial charge is 0.195 e. The molecule has 0 radical (unpaired) electrons. The Morgan fingerprint density at radius 3 is 2.83 bits per heavy atom. The van der Waals surface area contributed by atoms with Crippen LogP contribution in [0, 0.1) is 11.3 Å². The lowest BCUT2D eigenvalue weighted by Crippen LogP contribution is -2.06. The van der Waals surface area contributed by atoms with Crippen LogP contribution >= 0.6 is 34.5 Å². The van der Waals surface area contributed by atoms with Crippen LogP contribution in [0.3, 0.4) is 0 Å². The zero-order chi connectivity index (χ0) is 9.19. The van der Waals surface area contributed by atoms with Crippen molar-refractivity contribution in [2.75, 3.05) is 0 Å². The summed E-state index contributed by atoms with van der Waals surface area (Å²) in [5.74, 6) is 0. The zero-order valence-electron chi connectivity index (χ0n) is 6.47. The molecule has 1 aromatic rings. The van der Waals surface area contributed by atoms with E-state index in [1.165, 1.54) is 11.3 Å². The standard InChI is InChI=1S/C8H7Cl2NS/c1-2-6-3-4-12-7(6)8(9,10)5-11/h3-4H,2H2,1H3. The quantitative estimate of drug-likeness (QED) is 0.700. The molecule has 12 heavy (non-hydrogen) atoms. The van der Waals surface area contributed by atoms with Gasteiger partial charge in [-0.05, 0) is 23.4 Å². The molecule has 1 heterocycles. The maximum atomic E-state index is 8.68. The number of thiophene rings is 1. The number of hydrogen-bond acceptors (Lipinski definition) is 2. The highest BCUT2D eigenvalue weighted by Crippen LogP contribution is 2.38. The Hall–Kier alpha value is -0.230. The minimum atomic E-state index is -1.38. The van der Waals surface area contributed by atoms with Gasteiger partial charge in [0.1, 0.15) is 6.07 Å². The maximum absolute atomic E-state index is 8.68. The summed E-state index contributed by atoms with van der Waals surface area (Å²) in [6, 6.07) is 3.80. The molecule has 0 saturated carbocycles. The topological polar surface area (TPSA) is 23.8 Å². The van der Waals surface area contributed by atoms with E-state index < -0.39 is 4.33 Å². The number of nitrogens with zero attached hydrogens (tertiary/aromatic N) is 1. The normalized spacial score (nSPS) is 11.2. The molecule has 0 atom stereocenters. The first-order valence-corrected chi connectivity index (χ1v) is 5.11. The lowest BCUT2D eigenvalue weighted by Gasteiger charge is -2.09. The molecule has 0 amide bonds. The average molecular weight is 220 g/mol. The molecule has 0 aliphatic rings. The van der Waals surface area contributed by atoms with Crippen LogP contribution in [0.1, 0.15) is 17.4 Å². The van der Waals surface area contributed by atoms with E-state index >= 15 is 0 Å². The van der Waals surface area contributed by atoms with Gasteiger partial charge in [0, 0.05) is 0 Å². The van der Waals surface area contributed by atoms with Crippen molar-refractivity contribution >= 4 is 34.5 Å². The SMILES string of the molecule is CCc1ccsc1C(Cl)(Cl)C#N. The van der Waals surface area contributed by atoms with Gasteiger partial charge in [-0.15, -0.1) is 11.3 Å². The summed E-state index contributed by atoms with van der Waals surface area (Å²) in [5.41, 5.74) is 1.05. The summed E-state index contributed by atoms with van der Waals surface area (Å²) < 4.78 is -1.38. The predicted molar refractivity (Wildman–Crippen MR) is 52.7 cm³/mol. The fourth-order valence-electron chi connectivity index (χ4n) is 0.940. The summed E-state index contributed by atoms with van der Waals surface area (Å²) in [7, 11) is 0. The van der Waals surface area contributed by atoms with Crippen LogP contribution in [0.15, 0.2) is 11.4 Å². The van der Waals surface area contributed by atoms with Gasteiger partial charge in [-0.3, -0.25) is 0 Å². The molecule has 0 fully saturated rings. The van der Waals surface area contributed by atoms with Crippen LogP contribution in [-0.2, 0) is 10.8 Å². The minimum Gasteiger partial charge on any atom is -0.195 e. The molecule has 0 unspecified atom stereocenters. The van der Waals surface area contributed by atoms with Crippen molar-refractivity contribution in [2.24, 2.45) is 0 Å². The van der Waals surface area contributed by atoms with Crippen LogP contribution in [0.5, 0.6) is 0 Å². The van der Waals surface area contributed by atoms with E-state index in [0.717, 1.165) is 16.9 Å². The van der Waals surface area contributed by atoms with E-state index in [2.05, 4.69) is 0 Å². The molecule has 0 aromatic carbocycles. The molecule has 0 bridgehead atoms. The highest BCUT2D eigenvalue weighted by molar-refractivity contribution is 7.11. The van der Waals surface area contributed by atoms with Crippen molar-refractivity contribution in [2.45, 2.75) is 17.7 Å². The van der Waals surface area contributed by atoms with Gasteiger partial charge in [0.05, 0.1) is 4.88 Å². The predicted octanol–water partition coefficient (Wildman–Crippen LogP) is 3.46. The second-order valence-corrected chi connectivity index (χ2v) is 4.56. The zero-order valence-corrected chi connectivity index (χ0v) is 8.80. The van der Waals surface area contributed by atoms with E-state index in [1.54, 1.807) is 0 Å². The van der Waals surface area contributed by atoms with Crippen LogP contribution in [0.25, 0.3) is 0 Å². The fourth-order valence-corrected chi connectivity index (χ4v) is 2.38. The van der Waals surface area contributed by atoms with E-state index in [1.807, 2.05) is 24.4 Å². The Balaban J connectivity index is 3.11. The van der Waals surface area contributed by atoms with Gasteiger partial charge in [0.15, 0.2) is 0 Å². The van der Waals surface area contributed by atoms with E-state index in [0.29, 0.717) is 0 Å². The Morgan fingerprint density at radius 2 is 2.33 bits per heavy atom. The molecular formula is C8H7Cl2NS. The summed E-state index contributed by atoms with van der Waals surface area (Å²) in [4.78, 5) is 0.746. The molecular weight excluding hydrogens is 213 g/mol. The molecule has 64 valence electrons. The third-order valence-corrected chi connectivity index (χ3v) is 3.40. The third kappa shape index (κ3) is 1.74. The summed E-state index contributed by atoms with van der Waals surface area (Å²) in [5, 5.41) is 10.6. The minimum absolute atomic E-state index is 0.746. The first-order valence-electron chi connectivity index (χ1n) is 3.47. The largest absolute Gasteiger partial charge is 0.237 e. The van der Waals surface area contributed by atoms with Gasteiger partial charge in [-0.2, -0.15) is 5.26 Å². The molecule has 0 N–H and O–H groups in total. The number of nitriles is 1. The Kier molecular flexibility index (Phi) is 3.00. The van der Waals surface area contributed by atoms with Crippen LogP contribution in [-0.4, -0.2) is 0 Å². The Morgan fingerprint density at radius 1 is 1.67 bits per heavy atom. The molecule has 0 aliphatic carbocycles. The molecule has 1 aromatic heterocycles. The summed E-state index contributed by atoms with van der Waals surface area (Å²) in [6.07, 6.45) is 0.849. The van der Waals surface area contributed by atoms with Crippen LogP contribution in [0.4, 0.5) is 0 Å². The fraction of sp³-hybridized carbons (Fsp3) is 0.375. The Labute approximate surface area is 85.5 Å². The van der Waals surface area contributed by atoms with Crippen molar-refractivity contribution in [1.82, 2.24) is 0 Å². The van der Waals surface area contributed by atoms with Gasteiger partial charge in [-0.25, -0.2) is 0 Å². The van der Waals surface area contributed by atoms with Gasteiger partial charge in [0.25, 0.3) is 0 Å². The van der Waals surface area contributed by atoms with Gasteiger partial charge < -0.3 is 0 Å².